The molecule has 0 amide bonds. The van der Waals surface area contributed by atoms with Gasteiger partial charge in [0.05, 0.1) is 13.5 Å². The average Bonchev–Trinajstić information content (AvgIpc) is 3.19. The fourth-order valence-corrected chi connectivity index (χ4v) is 4.99. The van der Waals surface area contributed by atoms with Crippen molar-refractivity contribution in [1.82, 2.24) is 0 Å². The van der Waals surface area contributed by atoms with Crippen LogP contribution < -0.4 is 0 Å². The smallest absolute Gasteiger partial charge is 0.306 e. The fraction of sp³-hybridized carbons (Fsp3) is 0.533. The number of thioether (sulfide) groups is 1. The maximum absolute atomic E-state index is 12.1. The molecule has 1 aliphatic carbocycles. The van der Waals surface area contributed by atoms with Crippen molar-refractivity contribution in [2.75, 3.05) is 24.4 Å². The molecule has 0 N–H and O–H groups in total. The molecule has 1 fully saturated rings. The zero-order chi connectivity index (χ0) is 14.4. The molecule has 0 aliphatic heterocycles. The van der Waals surface area contributed by atoms with Crippen LogP contribution in [-0.2, 0) is 20.3 Å². The van der Waals surface area contributed by atoms with Crippen molar-refractivity contribution in [2.45, 2.75) is 24.2 Å². The minimum absolute atomic E-state index is 0.0324. The topological polar surface area (TPSA) is 43.4 Å². The van der Waals surface area contributed by atoms with E-state index in [1.165, 1.54) is 12.0 Å². The Balaban J connectivity index is 1.69. The SMILES string of the molecule is COC(=O)CC1(CS(=O)CCSc2ccccc2)CC1. The summed E-state index contributed by atoms with van der Waals surface area (Å²) in [6, 6.07) is 10.1. The first-order valence-corrected chi connectivity index (χ1v) is 9.21. The molecule has 0 heterocycles. The van der Waals surface area contributed by atoms with Gasteiger partial charge in [-0.2, -0.15) is 0 Å². The summed E-state index contributed by atoms with van der Waals surface area (Å²) in [5.41, 5.74) is -0.0324. The number of rotatable bonds is 8. The summed E-state index contributed by atoms with van der Waals surface area (Å²) in [6.45, 7) is 0. The number of carbonyl (C=O) groups excluding carboxylic acids is 1. The Hall–Kier alpha value is -0.810. The van der Waals surface area contributed by atoms with E-state index in [9.17, 15) is 9.00 Å². The lowest BCUT2D eigenvalue weighted by molar-refractivity contribution is -0.141. The van der Waals surface area contributed by atoms with Crippen molar-refractivity contribution in [3.8, 4) is 0 Å². The second-order valence-electron chi connectivity index (χ2n) is 5.20. The summed E-state index contributed by atoms with van der Waals surface area (Å²) in [6.07, 6.45) is 2.42. The summed E-state index contributed by atoms with van der Waals surface area (Å²) in [4.78, 5) is 12.5. The highest BCUT2D eigenvalue weighted by Crippen LogP contribution is 2.49. The van der Waals surface area contributed by atoms with Crippen molar-refractivity contribution in [3.63, 3.8) is 0 Å². The third-order valence-electron chi connectivity index (χ3n) is 3.49. The van der Waals surface area contributed by atoms with Gasteiger partial charge < -0.3 is 4.74 Å². The van der Waals surface area contributed by atoms with Gasteiger partial charge in [0.1, 0.15) is 0 Å². The fourth-order valence-electron chi connectivity index (χ4n) is 2.11. The van der Waals surface area contributed by atoms with E-state index in [1.54, 1.807) is 11.8 Å². The van der Waals surface area contributed by atoms with E-state index in [2.05, 4.69) is 12.1 Å². The van der Waals surface area contributed by atoms with Gasteiger partial charge in [0, 0.05) is 33.0 Å². The molecule has 1 atom stereocenters. The highest BCUT2D eigenvalue weighted by atomic mass is 32.2. The molecule has 0 spiro atoms. The van der Waals surface area contributed by atoms with E-state index in [-0.39, 0.29) is 11.4 Å². The van der Waals surface area contributed by atoms with E-state index in [0.717, 1.165) is 18.6 Å². The molecule has 0 bridgehead atoms. The molecule has 0 saturated heterocycles. The number of carbonyl (C=O) groups is 1. The molecule has 1 unspecified atom stereocenters. The van der Waals surface area contributed by atoms with Crippen LogP contribution in [0, 0.1) is 5.41 Å². The molecular formula is C15H20O3S2. The van der Waals surface area contributed by atoms with Crippen LogP contribution in [0.25, 0.3) is 0 Å². The molecule has 3 nitrogen and oxygen atoms in total. The molecule has 1 aromatic rings. The summed E-state index contributed by atoms with van der Waals surface area (Å²) in [5.74, 6) is 1.99. The normalized spacial score (nSPS) is 17.4. The number of benzene rings is 1. The molecule has 0 radical (unpaired) electrons. The Morgan fingerprint density at radius 3 is 2.65 bits per heavy atom. The van der Waals surface area contributed by atoms with Crippen LogP contribution in [0.4, 0.5) is 0 Å². The molecule has 2 rings (SSSR count). The van der Waals surface area contributed by atoms with Crippen molar-refractivity contribution < 1.29 is 13.7 Å². The monoisotopic (exact) mass is 312 g/mol. The lowest BCUT2D eigenvalue weighted by atomic mass is 10.1. The van der Waals surface area contributed by atoms with Gasteiger partial charge in [0.15, 0.2) is 0 Å². The largest absolute Gasteiger partial charge is 0.469 e. The number of hydrogen-bond acceptors (Lipinski definition) is 4. The van der Waals surface area contributed by atoms with Crippen molar-refractivity contribution in [1.29, 1.82) is 0 Å². The van der Waals surface area contributed by atoms with Crippen molar-refractivity contribution >= 4 is 28.5 Å². The maximum atomic E-state index is 12.1. The first kappa shape index (κ1) is 15.6. The number of esters is 1. The van der Waals surface area contributed by atoms with Crippen LogP contribution in [0.3, 0.4) is 0 Å². The number of methoxy groups -OCH3 is 1. The quantitative estimate of drug-likeness (QED) is 0.547. The minimum Gasteiger partial charge on any atom is -0.469 e. The van der Waals surface area contributed by atoms with E-state index < -0.39 is 10.8 Å². The van der Waals surface area contributed by atoms with Crippen LogP contribution in [0.2, 0.25) is 0 Å². The molecule has 1 aliphatic rings. The lowest BCUT2D eigenvalue weighted by Crippen LogP contribution is -2.19. The van der Waals surface area contributed by atoms with Crippen molar-refractivity contribution in [2.24, 2.45) is 5.41 Å². The van der Waals surface area contributed by atoms with Gasteiger partial charge in [-0.3, -0.25) is 9.00 Å². The number of ether oxygens (including phenoxy) is 1. The summed E-state index contributed by atoms with van der Waals surface area (Å²) >= 11 is 1.73. The van der Waals surface area contributed by atoms with E-state index in [1.807, 2.05) is 18.2 Å². The van der Waals surface area contributed by atoms with E-state index in [0.29, 0.717) is 17.9 Å². The van der Waals surface area contributed by atoms with E-state index in [4.69, 9.17) is 4.74 Å². The molecule has 110 valence electrons. The minimum atomic E-state index is -0.848. The van der Waals surface area contributed by atoms with Crippen LogP contribution >= 0.6 is 11.8 Å². The first-order valence-electron chi connectivity index (χ1n) is 6.73. The number of hydrogen-bond donors (Lipinski definition) is 0. The third kappa shape index (κ3) is 4.94. The summed E-state index contributed by atoms with van der Waals surface area (Å²) in [5, 5.41) is 0. The Bertz CT molecular complexity index is 469. The van der Waals surface area contributed by atoms with Crippen LogP contribution in [0.5, 0.6) is 0 Å². The highest BCUT2D eigenvalue weighted by Gasteiger charge is 2.45. The predicted molar refractivity (Wildman–Crippen MR) is 83.3 cm³/mol. The van der Waals surface area contributed by atoms with Crippen LogP contribution in [0.15, 0.2) is 35.2 Å². The van der Waals surface area contributed by atoms with Crippen molar-refractivity contribution in [3.05, 3.63) is 30.3 Å². The van der Waals surface area contributed by atoms with Gasteiger partial charge in [0.2, 0.25) is 0 Å². The van der Waals surface area contributed by atoms with Gasteiger partial charge in [-0.25, -0.2) is 0 Å². The summed E-state index contributed by atoms with van der Waals surface area (Å²) < 4.78 is 16.8. The van der Waals surface area contributed by atoms with Gasteiger partial charge >= 0.3 is 5.97 Å². The first-order chi connectivity index (χ1) is 9.63. The van der Waals surface area contributed by atoms with Gasteiger partial charge in [-0.15, -0.1) is 11.8 Å². The van der Waals surface area contributed by atoms with Gasteiger partial charge in [-0.05, 0) is 30.4 Å². The van der Waals surface area contributed by atoms with Crippen LogP contribution in [0.1, 0.15) is 19.3 Å². The standard InChI is InChI=1S/C15H20O3S2/c1-18-14(16)11-15(7-8-15)12-20(17)10-9-19-13-5-3-2-4-6-13/h2-6H,7-12H2,1H3. The summed E-state index contributed by atoms with van der Waals surface area (Å²) in [7, 11) is 0.561. The molecule has 1 aromatic carbocycles. The Morgan fingerprint density at radius 2 is 2.05 bits per heavy atom. The second-order valence-corrected chi connectivity index (χ2v) is 7.95. The Kier molecular flexibility index (Phi) is 5.66. The molecular weight excluding hydrogens is 292 g/mol. The average molecular weight is 312 g/mol. The third-order valence-corrected chi connectivity index (χ3v) is 6.36. The highest BCUT2D eigenvalue weighted by molar-refractivity contribution is 8.00. The second kappa shape index (κ2) is 7.27. The molecule has 1 saturated carbocycles. The zero-order valence-corrected chi connectivity index (χ0v) is 13.3. The lowest BCUT2D eigenvalue weighted by Gasteiger charge is -2.12. The van der Waals surface area contributed by atoms with Crippen LogP contribution in [-0.4, -0.2) is 34.5 Å². The molecule has 0 aromatic heterocycles. The van der Waals surface area contributed by atoms with Gasteiger partial charge in [0.25, 0.3) is 0 Å². The van der Waals surface area contributed by atoms with E-state index >= 15 is 0 Å². The molecule has 5 heteroatoms. The Morgan fingerprint density at radius 1 is 1.35 bits per heavy atom. The zero-order valence-electron chi connectivity index (χ0n) is 11.7. The molecule has 20 heavy (non-hydrogen) atoms. The predicted octanol–water partition coefficient (Wildman–Crippen LogP) is 2.87. The Labute approximate surface area is 126 Å². The maximum Gasteiger partial charge on any atom is 0.306 e. The van der Waals surface area contributed by atoms with Gasteiger partial charge in [-0.1, -0.05) is 18.2 Å².